The lowest BCUT2D eigenvalue weighted by Gasteiger charge is -2.09. The average molecular weight is 201 g/mol. The van der Waals surface area contributed by atoms with Crippen LogP contribution in [0.1, 0.15) is 6.42 Å². The molecule has 0 amide bonds. The van der Waals surface area contributed by atoms with Crippen LogP contribution in [0.5, 0.6) is 5.88 Å². The fourth-order valence-electron chi connectivity index (χ4n) is 1.16. The smallest absolute Gasteiger partial charge is 0.225 e. The second kappa shape index (κ2) is 3.89. The van der Waals surface area contributed by atoms with E-state index in [0.717, 1.165) is 13.0 Å². The monoisotopic (exact) mass is 200 g/mol. The molecule has 2 heterocycles. The van der Waals surface area contributed by atoms with Gasteiger partial charge in [-0.1, -0.05) is 0 Å². The van der Waals surface area contributed by atoms with Crippen molar-refractivity contribution in [3.8, 4) is 5.88 Å². The molecule has 0 spiro atoms. The van der Waals surface area contributed by atoms with Crippen molar-refractivity contribution in [3.63, 3.8) is 0 Å². The van der Waals surface area contributed by atoms with Crippen molar-refractivity contribution in [3.05, 3.63) is 17.5 Å². The summed E-state index contributed by atoms with van der Waals surface area (Å²) in [7, 11) is 0. The summed E-state index contributed by atoms with van der Waals surface area (Å²) in [5.74, 6) is 0.510. The fourth-order valence-corrected chi connectivity index (χ4v) is 1.30. The van der Waals surface area contributed by atoms with Crippen LogP contribution >= 0.6 is 11.6 Å². The van der Waals surface area contributed by atoms with Crippen LogP contribution in [0, 0.1) is 0 Å². The second-order valence-corrected chi connectivity index (χ2v) is 3.11. The first-order chi connectivity index (χ1) is 6.34. The van der Waals surface area contributed by atoms with Crippen molar-refractivity contribution in [2.75, 3.05) is 13.2 Å². The zero-order chi connectivity index (χ0) is 9.10. The molecule has 0 saturated carbocycles. The Bertz CT molecular complexity index is 289. The lowest BCUT2D eigenvalue weighted by Crippen LogP contribution is -2.16. The molecular formula is C8H9ClN2O2. The van der Waals surface area contributed by atoms with Gasteiger partial charge in [0.15, 0.2) is 0 Å². The zero-order valence-corrected chi connectivity index (χ0v) is 7.70. The van der Waals surface area contributed by atoms with E-state index in [4.69, 9.17) is 21.1 Å². The summed E-state index contributed by atoms with van der Waals surface area (Å²) < 4.78 is 10.7. The number of nitrogens with zero attached hydrogens (tertiary/aromatic N) is 2. The van der Waals surface area contributed by atoms with Gasteiger partial charge in [0.25, 0.3) is 0 Å². The van der Waals surface area contributed by atoms with Crippen LogP contribution in [0.25, 0.3) is 0 Å². The summed E-state index contributed by atoms with van der Waals surface area (Å²) in [6, 6.07) is 1.68. The highest BCUT2D eigenvalue weighted by molar-refractivity contribution is 6.28. The number of halogens is 1. The Balaban J connectivity index is 2.00. The van der Waals surface area contributed by atoms with Crippen LogP contribution in [0.3, 0.4) is 0 Å². The number of hydrogen-bond donors (Lipinski definition) is 0. The molecule has 0 N–H and O–H groups in total. The molecule has 5 heteroatoms. The van der Waals surface area contributed by atoms with Gasteiger partial charge in [0, 0.05) is 18.7 Å². The lowest BCUT2D eigenvalue weighted by molar-refractivity contribution is 0.138. The van der Waals surface area contributed by atoms with Gasteiger partial charge in [0.2, 0.25) is 11.2 Å². The molecule has 1 aliphatic rings. The van der Waals surface area contributed by atoms with Gasteiger partial charge in [-0.15, -0.1) is 0 Å². The molecule has 0 radical (unpaired) electrons. The number of ether oxygens (including phenoxy) is 2. The predicted octanol–water partition coefficient (Wildman–Crippen LogP) is 1.30. The van der Waals surface area contributed by atoms with Gasteiger partial charge < -0.3 is 9.47 Å². The van der Waals surface area contributed by atoms with Crippen molar-refractivity contribution in [2.24, 2.45) is 0 Å². The van der Waals surface area contributed by atoms with E-state index in [9.17, 15) is 0 Å². The largest absolute Gasteiger partial charge is 0.472 e. The van der Waals surface area contributed by atoms with E-state index < -0.39 is 0 Å². The maximum absolute atomic E-state index is 5.60. The summed E-state index contributed by atoms with van der Waals surface area (Å²) in [6.07, 6.45) is 2.58. The lowest BCUT2D eigenvalue weighted by atomic mass is 10.3. The number of aromatic nitrogens is 2. The van der Waals surface area contributed by atoms with Crippen molar-refractivity contribution < 1.29 is 9.47 Å². The van der Waals surface area contributed by atoms with Gasteiger partial charge in [-0.25, -0.2) is 4.98 Å². The Labute approximate surface area is 80.9 Å². The van der Waals surface area contributed by atoms with Gasteiger partial charge >= 0.3 is 0 Å². The quantitative estimate of drug-likeness (QED) is 0.675. The fraction of sp³-hybridized carbons (Fsp3) is 0.500. The van der Waals surface area contributed by atoms with Gasteiger partial charge in [0.05, 0.1) is 13.2 Å². The molecule has 1 aliphatic heterocycles. The standard InChI is InChI=1S/C8H9ClN2O2/c9-8-10-3-1-7(11-8)13-6-2-4-12-5-6/h1,3,6H,2,4-5H2/t6-/m1/s1. The van der Waals surface area contributed by atoms with Crippen molar-refractivity contribution in [1.29, 1.82) is 0 Å². The molecule has 0 bridgehead atoms. The second-order valence-electron chi connectivity index (χ2n) is 2.77. The van der Waals surface area contributed by atoms with E-state index in [-0.39, 0.29) is 11.4 Å². The molecule has 1 aromatic rings. The molecule has 1 saturated heterocycles. The Hall–Kier alpha value is -0.870. The van der Waals surface area contributed by atoms with Crippen LogP contribution in [0.15, 0.2) is 12.3 Å². The van der Waals surface area contributed by atoms with E-state index >= 15 is 0 Å². The Kier molecular flexibility index (Phi) is 2.61. The molecule has 0 aliphatic carbocycles. The first kappa shape index (κ1) is 8.72. The Morgan fingerprint density at radius 1 is 1.62 bits per heavy atom. The Morgan fingerprint density at radius 3 is 3.23 bits per heavy atom. The zero-order valence-electron chi connectivity index (χ0n) is 6.94. The van der Waals surface area contributed by atoms with E-state index in [1.54, 1.807) is 12.3 Å². The van der Waals surface area contributed by atoms with E-state index in [0.29, 0.717) is 12.5 Å². The summed E-state index contributed by atoms with van der Waals surface area (Å²) in [6.45, 7) is 1.38. The molecular weight excluding hydrogens is 192 g/mol. The molecule has 2 rings (SSSR count). The molecule has 4 nitrogen and oxygen atoms in total. The molecule has 0 aromatic carbocycles. The SMILES string of the molecule is Clc1nccc(O[C@@H]2CCOC2)n1. The highest BCUT2D eigenvalue weighted by atomic mass is 35.5. The third kappa shape index (κ3) is 2.29. The number of hydrogen-bond acceptors (Lipinski definition) is 4. The van der Waals surface area contributed by atoms with Gasteiger partial charge in [-0.3, -0.25) is 0 Å². The third-order valence-electron chi connectivity index (χ3n) is 1.78. The molecule has 1 aromatic heterocycles. The minimum absolute atomic E-state index is 0.103. The van der Waals surface area contributed by atoms with Gasteiger partial charge in [0.1, 0.15) is 6.10 Å². The van der Waals surface area contributed by atoms with Gasteiger partial charge in [-0.05, 0) is 11.6 Å². The van der Waals surface area contributed by atoms with Crippen molar-refractivity contribution in [1.82, 2.24) is 9.97 Å². The van der Waals surface area contributed by atoms with Crippen LogP contribution < -0.4 is 4.74 Å². The third-order valence-corrected chi connectivity index (χ3v) is 1.96. The van der Waals surface area contributed by atoms with Gasteiger partial charge in [-0.2, -0.15) is 4.98 Å². The van der Waals surface area contributed by atoms with Crippen molar-refractivity contribution >= 4 is 11.6 Å². The van der Waals surface area contributed by atoms with Crippen molar-refractivity contribution in [2.45, 2.75) is 12.5 Å². The molecule has 0 unspecified atom stereocenters. The number of rotatable bonds is 2. The molecule has 13 heavy (non-hydrogen) atoms. The van der Waals surface area contributed by atoms with E-state index in [2.05, 4.69) is 9.97 Å². The predicted molar refractivity (Wildman–Crippen MR) is 46.9 cm³/mol. The first-order valence-corrected chi connectivity index (χ1v) is 4.45. The molecule has 70 valence electrons. The Morgan fingerprint density at radius 2 is 2.54 bits per heavy atom. The molecule has 1 fully saturated rings. The normalized spacial score (nSPS) is 21.8. The minimum atomic E-state index is 0.103. The van der Waals surface area contributed by atoms with E-state index in [1.807, 2.05) is 0 Å². The highest BCUT2D eigenvalue weighted by Crippen LogP contribution is 2.14. The summed E-state index contributed by atoms with van der Waals surface area (Å²) in [5, 5.41) is 0.205. The minimum Gasteiger partial charge on any atom is -0.472 e. The average Bonchev–Trinajstić information content (AvgIpc) is 2.57. The summed E-state index contributed by atoms with van der Waals surface area (Å²) in [4.78, 5) is 7.67. The molecule has 1 atom stereocenters. The summed E-state index contributed by atoms with van der Waals surface area (Å²) in [5.41, 5.74) is 0. The maximum atomic E-state index is 5.60. The highest BCUT2D eigenvalue weighted by Gasteiger charge is 2.17. The van der Waals surface area contributed by atoms with Crippen LogP contribution in [-0.2, 0) is 4.74 Å². The van der Waals surface area contributed by atoms with Crippen LogP contribution in [0.2, 0.25) is 5.28 Å². The summed E-state index contributed by atoms with van der Waals surface area (Å²) >= 11 is 5.60. The van der Waals surface area contributed by atoms with Crippen LogP contribution in [0.4, 0.5) is 0 Å². The van der Waals surface area contributed by atoms with E-state index in [1.165, 1.54) is 0 Å². The maximum Gasteiger partial charge on any atom is 0.225 e. The topological polar surface area (TPSA) is 44.2 Å². The first-order valence-electron chi connectivity index (χ1n) is 4.07. The van der Waals surface area contributed by atoms with Crippen LogP contribution in [-0.4, -0.2) is 29.3 Å².